The van der Waals surface area contributed by atoms with E-state index in [9.17, 15) is 25.2 Å². The molecule has 5 atom stereocenters. The Balaban J connectivity index is 2.00. The number of amides is 1. The number of aliphatic hydroxyl groups is 4. The average Bonchev–Trinajstić information content (AvgIpc) is 2.91. The lowest BCUT2D eigenvalue weighted by Crippen LogP contribution is -2.65. The largest absolute Gasteiger partial charge is 0.394 e. The number of benzene rings is 1. The molecule has 1 fully saturated rings. The van der Waals surface area contributed by atoms with Gasteiger partial charge in [-0.1, -0.05) is 51.2 Å². The van der Waals surface area contributed by atoms with Crippen molar-refractivity contribution in [3.8, 4) is 0 Å². The van der Waals surface area contributed by atoms with Gasteiger partial charge in [0, 0.05) is 43.5 Å². The van der Waals surface area contributed by atoms with Crippen molar-refractivity contribution in [3.05, 3.63) is 29.8 Å². The standard InChI is InChI=1S/C28H46Cl2N2O6/c1-2-3-4-5-6-7-17-32(25-27(36)26(35)23(20-33)38-28(25)37)24(34)10-8-9-21-11-13-22(14-12-21)31(18-15-29)19-16-30/h11-14,23,25-28,33,35-37H,2-10,15-20H2,1H3/t23-,25-,26-,27-,28-/m1/s1. The monoisotopic (exact) mass is 576 g/mol. The van der Waals surface area contributed by atoms with Gasteiger partial charge in [-0.2, -0.15) is 0 Å². The fraction of sp³-hybridized carbons (Fsp3) is 0.750. The third-order valence-corrected chi connectivity index (χ3v) is 7.50. The Morgan fingerprint density at radius 3 is 2.13 bits per heavy atom. The van der Waals surface area contributed by atoms with E-state index in [1.54, 1.807) is 0 Å². The van der Waals surface area contributed by atoms with E-state index in [1.807, 2.05) is 24.3 Å². The van der Waals surface area contributed by atoms with Crippen molar-refractivity contribution >= 4 is 34.8 Å². The molecule has 0 aromatic heterocycles. The SMILES string of the molecule is CCCCCCCCN(C(=O)CCCc1ccc(N(CCCl)CCCl)cc1)[C@@H]1[C@@H](O)[C@H](O)[C@@H](CO)O[C@H]1O. The summed E-state index contributed by atoms with van der Waals surface area (Å²) in [4.78, 5) is 16.9. The summed E-state index contributed by atoms with van der Waals surface area (Å²) < 4.78 is 5.34. The van der Waals surface area contributed by atoms with Crippen molar-refractivity contribution in [1.82, 2.24) is 4.90 Å². The second kappa shape index (κ2) is 18.3. The van der Waals surface area contributed by atoms with Crippen LogP contribution < -0.4 is 4.90 Å². The van der Waals surface area contributed by atoms with Crippen LogP contribution in [0.4, 0.5) is 5.69 Å². The summed E-state index contributed by atoms with van der Waals surface area (Å²) in [5.74, 6) is 0.832. The van der Waals surface area contributed by atoms with Gasteiger partial charge in [-0.15, -0.1) is 23.2 Å². The van der Waals surface area contributed by atoms with Crippen molar-refractivity contribution in [1.29, 1.82) is 0 Å². The minimum Gasteiger partial charge on any atom is -0.394 e. The lowest BCUT2D eigenvalue weighted by molar-refractivity contribution is -0.270. The molecule has 1 heterocycles. The van der Waals surface area contributed by atoms with Crippen LogP contribution in [0.15, 0.2) is 24.3 Å². The van der Waals surface area contributed by atoms with Gasteiger partial charge in [0.25, 0.3) is 0 Å². The molecule has 8 nitrogen and oxygen atoms in total. The van der Waals surface area contributed by atoms with Gasteiger partial charge in [-0.3, -0.25) is 4.79 Å². The minimum absolute atomic E-state index is 0.202. The predicted octanol–water partition coefficient (Wildman–Crippen LogP) is 3.28. The van der Waals surface area contributed by atoms with Crippen LogP contribution in [0.1, 0.15) is 63.9 Å². The van der Waals surface area contributed by atoms with Crippen LogP contribution in [0.5, 0.6) is 0 Å². The van der Waals surface area contributed by atoms with E-state index in [4.69, 9.17) is 27.9 Å². The van der Waals surface area contributed by atoms with E-state index in [0.29, 0.717) is 44.2 Å². The molecule has 1 aromatic rings. The van der Waals surface area contributed by atoms with Gasteiger partial charge < -0.3 is 35.0 Å². The number of ether oxygens (including phenoxy) is 1. The lowest BCUT2D eigenvalue weighted by atomic mass is 9.94. The van der Waals surface area contributed by atoms with E-state index in [-0.39, 0.29) is 12.3 Å². The van der Waals surface area contributed by atoms with Crippen LogP contribution in [0.3, 0.4) is 0 Å². The maximum Gasteiger partial charge on any atom is 0.223 e. The highest BCUT2D eigenvalue weighted by atomic mass is 35.5. The third-order valence-electron chi connectivity index (χ3n) is 7.17. The predicted molar refractivity (Wildman–Crippen MR) is 152 cm³/mol. The normalized spacial score (nSPS) is 23.4. The molecule has 38 heavy (non-hydrogen) atoms. The van der Waals surface area contributed by atoms with Crippen LogP contribution in [0.2, 0.25) is 0 Å². The van der Waals surface area contributed by atoms with E-state index in [1.165, 1.54) is 11.3 Å². The number of nitrogens with zero attached hydrogens (tertiary/aromatic N) is 2. The zero-order valence-electron chi connectivity index (χ0n) is 22.6. The highest BCUT2D eigenvalue weighted by Crippen LogP contribution is 2.26. The van der Waals surface area contributed by atoms with Crippen molar-refractivity contribution in [2.45, 2.75) is 95.4 Å². The van der Waals surface area contributed by atoms with Gasteiger partial charge in [-0.05, 0) is 37.0 Å². The number of aliphatic hydroxyl groups excluding tert-OH is 4. The van der Waals surface area contributed by atoms with Gasteiger partial charge >= 0.3 is 0 Å². The molecule has 218 valence electrons. The Labute approximate surface area is 237 Å². The Kier molecular flexibility index (Phi) is 15.9. The molecule has 0 bridgehead atoms. The number of aryl methyl sites for hydroxylation is 1. The van der Waals surface area contributed by atoms with Gasteiger partial charge in [0.05, 0.1) is 6.61 Å². The summed E-state index contributed by atoms with van der Waals surface area (Å²) in [5.41, 5.74) is 2.15. The number of hydrogen-bond acceptors (Lipinski definition) is 7. The number of rotatable bonds is 18. The van der Waals surface area contributed by atoms with Gasteiger partial charge in [0.2, 0.25) is 5.91 Å². The van der Waals surface area contributed by atoms with E-state index < -0.39 is 37.3 Å². The van der Waals surface area contributed by atoms with Crippen molar-refractivity contribution in [2.24, 2.45) is 0 Å². The smallest absolute Gasteiger partial charge is 0.223 e. The highest BCUT2D eigenvalue weighted by molar-refractivity contribution is 6.18. The Morgan fingerprint density at radius 2 is 1.53 bits per heavy atom. The molecule has 1 aliphatic heterocycles. The number of carbonyl (C=O) groups excluding carboxylic acids is 1. The Bertz CT molecular complexity index is 781. The van der Waals surface area contributed by atoms with Crippen LogP contribution in [-0.2, 0) is 16.0 Å². The summed E-state index contributed by atoms with van der Waals surface area (Å²) in [6.07, 6.45) is 2.28. The molecule has 1 aliphatic rings. The number of anilines is 1. The topological polar surface area (TPSA) is 114 Å². The van der Waals surface area contributed by atoms with Crippen molar-refractivity contribution in [3.63, 3.8) is 0 Å². The molecule has 0 saturated carbocycles. The van der Waals surface area contributed by atoms with Gasteiger partial charge in [0.15, 0.2) is 6.29 Å². The van der Waals surface area contributed by atoms with Gasteiger partial charge in [-0.25, -0.2) is 0 Å². The first kappa shape index (κ1) is 33.1. The van der Waals surface area contributed by atoms with Crippen LogP contribution in [-0.4, -0.2) is 99.9 Å². The molecule has 0 spiro atoms. The van der Waals surface area contributed by atoms with E-state index in [0.717, 1.165) is 43.4 Å². The summed E-state index contributed by atoms with van der Waals surface area (Å²) in [7, 11) is 0. The Morgan fingerprint density at radius 1 is 0.895 bits per heavy atom. The maximum absolute atomic E-state index is 13.3. The minimum atomic E-state index is -1.49. The summed E-state index contributed by atoms with van der Waals surface area (Å²) in [5, 5.41) is 41.1. The molecule has 0 radical (unpaired) electrons. The number of carbonyl (C=O) groups is 1. The second-order valence-electron chi connectivity index (χ2n) is 9.96. The molecule has 1 amide bonds. The fourth-order valence-corrected chi connectivity index (χ4v) is 5.37. The van der Waals surface area contributed by atoms with E-state index in [2.05, 4.69) is 11.8 Å². The highest BCUT2D eigenvalue weighted by Gasteiger charge is 2.47. The molecule has 10 heteroatoms. The molecule has 1 saturated heterocycles. The molecule has 0 aliphatic carbocycles. The van der Waals surface area contributed by atoms with Gasteiger partial charge in [0.1, 0.15) is 24.4 Å². The van der Waals surface area contributed by atoms with Crippen LogP contribution in [0.25, 0.3) is 0 Å². The summed E-state index contributed by atoms with van der Waals surface area (Å²) in [6.45, 7) is 3.40. The zero-order chi connectivity index (χ0) is 27.9. The quantitative estimate of drug-likeness (QED) is 0.157. The molecule has 1 aromatic carbocycles. The second-order valence-corrected chi connectivity index (χ2v) is 10.7. The first-order chi connectivity index (χ1) is 18.4. The first-order valence-electron chi connectivity index (χ1n) is 13.9. The maximum atomic E-state index is 13.3. The number of unbranched alkanes of at least 4 members (excludes halogenated alkanes) is 5. The lowest BCUT2D eigenvalue weighted by Gasteiger charge is -2.45. The third kappa shape index (κ3) is 10.1. The molecule has 0 unspecified atom stereocenters. The molecule has 4 N–H and O–H groups in total. The zero-order valence-corrected chi connectivity index (χ0v) is 24.1. The molecular weight excluding hydrogens is 531 g/mol. The van der Waals surface area contributed by atoms with Crippen molar-refractivity contribution in [2.75, 3.05) is 42.9 Å². The number of hydrogen-bond donors (Lipinski definition) is 4. The van der Waals surface area contributed by atoms with E-state index >= 15 is 0 Å². The van der Waals surface area contributed by atoms with Crippen LogP contribution >= 0.6 is 23.2 Å². The summed E-state index contributed by atoms with van der Waals surface area (Å²) in [6, 6.07) is 7.05. The number of alkyl halides is 2. The average molecular weight is 578 g/mol. The fourth-order valence-electron chi connectivity index (χ4n) is 4.96. The molecular formula is C28H46Cl2N2O6. The Hall–Kier alpha value is -1.13. The van der Waals surface area contributed by atoms with Crippen LogP contribution in [0, 0.1) is 0 Å². The van der Waals surface area contributed by atoms with Crippen molar-refractivity contribution < 1.29 is 30.0 Å². The summed E-state index contributed by atoms with van der Waals surface area (Å²) >= 11 is 11.8. The first-order valence-corrected chi connectivity index (χ1v) is 15.0. The number of halogens is 2. The molecule has 2 rings (SSSR count).